The van der Waals surface area contributed by atoms with Crippen LogP contribution in [0, 0.1) is 5.92 Å². The quantitative estimate of drug-likeness (QED) is 0.496. The predicted octanol–water partition coefficient (Wildman–Crippen LogP) is 5.08. The van der Waals surface area contributed by atoms with E-state index in [0.29, 0.717) is 11.5 Å². The number of amides is 2. The van der Waals surface area contributed by atoms with Gasteiger partial charge in [0.2, 0.25) is 5.91 Å². The lowest BCUT2D eigenvalue weighted by Gasteiger charge is -2.15. The van der Waals surface area contributed by atoms with Gasteiger partial charge in [-0.2, -0.15) is 0 Å². The van der Waals surface area contributed by atoms with Crippen LogP contribution >= 0.6 is 0 Å². The average Bonchev–Trinajstić information content (AvgIpc) is 3.65. The molecular formula is C26H26N2O4. The summed E-state index contributed by atoms with van der Waals surface area (Å²) in [5.41, 5.74) is 1.72. The first-order valence-corrected chi connectivity index (χ1v) is 10.7. The van der Waals surface area contributed by atoms with Gasteiger partial charge in [0.25, 0.3) is 5.91 Å². The Kier molecular flexibility index (Phi) is 6.70. The van der Waals surface area contributed by atoms with Crippen LogP contribution in [0.25, 0.3) is 0 Å². The van der Waals surface area contributed by atoms with E-state index in [4.69, 9.17) is 9.47 Å². The van der Waals surface area contributed by atoms with Crippen LogP contribution in [0.2, 0.25) is 0 Å². The molecule has 0 saturated heterocycles. The van der Waals surface area contributed by atoms with E-state index in [1.807, 2.05) is 61.5 Å². The summed E-state index contributed by atoms with van der Waals surface area (Å²) in [6, 6.07) is 24.0. The number of anilines is 1. The fraction of sp³-hybridized carbons (Fsp3) is 0.231. The summed E-state index contributed by atoms with van der Waals surface area (Å²) in [6.45, 7) is 1.82. The molecule has 1 unspecified atom stereocenters. The van der Waals surface area contributed by atoms with E-state index in [0.717, 1.165) is 29.8 Å². The van der Waals surface area contributed by atoms with Gasteiger partial charge < -0.3 is 20.1 Å². The van der Waals surface area contributed by atoms with Crippen molar-refractivity contribution in [3.05, 3.63) is 84.4 Å². The first-order valence-electron chi connectivity index (χ1n) is 10.7. The maximum atomic E-state index is 12.3. The first kappa shape index (κ1) is 21.4. The minimum Gasteiger partial charge on any atom is -0.484 e. The molecule has 164 valence electrons. The number of benzene rings is 3. The fourth-order valence-electron chi connectivity index (χ4n) is 3.19. The molecule has 0 aromatic heterocycles. The van der Waals surface area contributed by atoms with Crippen molar-refractivity contribution < 1.29 is 19.1 Å². The molecule has 1 aliphatic rings. The second-order valence-corrected chi connectivity index (χ2v) is 7.85. The van der Waals surface area contributed by atoms with Crippen molar-refractivity contribution in [2.45, 2.75) is 25.8 Å². The van der Waals surface area contributed by atoms with E-state index in [2.05, 4.69) is 10.6 Å². The van der Waals surface area contributed by atoms with Crippen LogP contribution in [0.1, 0.15) is 31.4 Å². The van der Waals surface area contributed by atoms with E-state index in [1.165, 1.54) is 0 Å². The van der Waals surface area contributed by atoms with E-state index < -0.39 is 0 Å². The highest BCUT2D eigenvalue weighted by molar-refractivity contribution is 5.94. The Morgan fingerprint density at radius 1 is 0.875 bits per heavy atom. The Bertz CT molecular complexity index is 1050. The molecular weight excluding hydrogens is 404 g/mol. The molecule has 0 heterocycles. The van der Waals surface area contributed by atoms with Crippen LogP contribution in [0.15, 0.2) is 78.9 Å². The SMILES string of the molecule is CC(NC(=O)COc1ccc(Oc2ccccc2)cc1)c1ccc(NC(=O)C2CC2)cc1. The molecule has 0 spiro atoms. The van der Waals surface area contributed by atoms with E-state index in [1.54, 1.807) is 24.3 Å². The van der Waals surface area contributed by atoms with Gasteiger partial charge in [-0.1, -0.05) is 30.3 Å². The summed E-state index contributed by atoms with van der Waals surface area (Å²) in [5.74, 6) is 2.07. The Labute approximate surface area is 187 Å². The lowest BCUT2D eigenvalue weighted by molar-refractivity contribution is -0.123. The van der Waals surface area contributed by atoms with Crippen LogP contribution in [0.5, 0.6) is 17.2 Å². The van der Waals surface area contributed by atoms with Gasteiger partial charge in [0.05, 0.1) is 6.04 Å². The van der Waals surface area contributed by atoms with E-state index >= 15 is 0 Å². The molecule has 1 saturated carbocycles. The molecule has 2 N–H and O–H groups in total. The summed E-state index contributed by atoms with van der Waals surface area (Å²) < 4.78 is 11.3. The average molecular weight is 431 g/mol. The van der Waals surface area contributed by atoms with Crippen LogP contribution in [0.3, 0.4) is 0 Å². The Hall–Kier alpha value is -3.80. The lowest BCUT2D eigenvalue weighted by atomic mass is 10.1. The highest BCUT2D eigenvalue weighted by atomic mass is 16.5. The third-order valence-electron chi connectivity index (χ3n) is 5.18. The summed E-state index contributed by atoms with van der Waals surface area (Å²) in [5, 5.41) is 5.83. The molecule has 1 aliphatic carbocycles. The molecule has 0 radical (unpaired) electrons. The molecule has 1 atom stereocenters. The summed E-state index contributed by atoms with van der Waals surface area (Å²) in [4.78, 5) is 24.1. The van der Waals surface area contributed by atoms with Gasteiger partial charge in [0.1, 0.15) is 17.2 Å². The third kappa shape index (κ3) is 6.11. The molecule has 3 aromatic rings. The van der Waals surface area contributed by atoms with Crippen LogP contribution < -0.4 is 20.1 Å². The number of para-hydroxylation sites is 1. The molecule has 1 fully saturated rings. The zero-order valence-electron chi connectivity index (χ0n) is 17.9. The molecule has 6 nitrogen and oxygen atoms in total. The summed E-state index contributed by atoms with van der Waals surface area (Å²) in [7, 11) is 0. The van der Waals surface area contributed by atoms with Crippen LogP contribution in [-0.2, 0) is 9.59 Å². The lowest BCUT2D eigenvalue weighted by Crippen LogP contribution is -2.31. The number of rotatable bonds is 9. The summed E-state index contributed by atoms with van der Waals surface area (Å²) in [6.07, 6.45) is 1.95. The maximum Gasteiger partial charge on any atom is 0.258 e. The Morgan fingerprint density at radius 2 is 1.50 bits per heavy atom. The Balaban J connectivity index is 1.22. The largest absolute Gasteiger partial charge is 0.484 e. The monoisotopic (exact) mass is 430 g/mol. The number of carbonyl (C=O) groups excluding carboxylic acids is 2. The highest BCUT2D eigenvalue weighted by Crippen LogP contribution is 2.30. The van der Waals surface area contributed by atoms with E-state index in [9.17, 15) is 9.59 Å². The van der Waals surface area contributed by atoms with Gasteiger partial charge in [0, 0.05) is 11.6 Å². The van der Waals surface area contributed by atoms with Crippen LogP contribution in [0.4, 0.5) is 5.69 Å². The Morgan fingerprint density at radius 3 is 2.16 bits per heavy atom. The van der Waals surface area contributed by atoms with Crippen molar-refractivity contribution in [2.24, 2.45) is 5.92 Å². The third-order valence-corrected chi connectivity index (χ3v) is 5.18. The van der Waals surface area contributed by atoms with Gasteiger partial charge in [-0.05, 0) is 73.9 Å². The first-order chi connectivity index (χ1) is 15.6. The predicted molar refractivity (Wildman–Crippen MR) is 123 cm³/mol. The smallest absolute Gasteiger partial charge is 0.258 e. The number of nitrogens with one attached hydrogen (secondary N) is 2. The van der Waals surface area contributed by atoms with Crippen molar-refractivity contribution in [2.75, 3.05) is 11.9 Å². The van der Waals surface area contributed by atoms with Crippen molar-refractivity contribution in [1.82, 2.24) is 5.32 Å². The molecule has 0 bridgehead atoms. The molecule has 3 aromatic carbocycles. The van der Waals surface area contributed by atoms with Crippen molar-refractivity contribution in [3.8, 4) is 17.2 Å². The van der Waals surface area contributed by atoms with Gasteiger partial charge >= 0.3 is 0 Å². The number of ether oxygens (including phenoxy) is 2. The maximum absolute atomic E-state index is 12.3. The summed E-state index contributed by atoms with van der Waals surface area (Å²) >= 11 is 0. The topological polar surface area (TPSA) is 76.7 Å². The standard InChI is InChI=1S/C26H26N2O4/c1-18(19-9-11-21(12-10-19)28-26(30)20-7-8-20)27-25(29)17-31-22-13-15-24(16-14-22)32-23-5-3-2-4-6-23/h2-6,9-16,18,20H,7-8,17H2,1H3,(H,27,29)(H,28,30). The zero-order chi connectivity index (χ0) is 22.3. The normalized spacial score (nSPS) is 13.7. The second kappa shape index (κ2) is 10.0. The minimum absolute atomic E-state index is 0.0795. The number of carbonyl (C=O) groups is 2. The van der Waals surface area contributed by atoms with E-state index in [-0.39, 0.29) is 30.4 Å². The van der Waals surface area contributed by atoms with Crippen molar-refractivity contribution in [3.63, 3.8) is 0 Å². The second-order valence-electron chi connectivity index (χ2n) is 7.85. The van der Waals surface area contributed by atoms with Crippen molar-refractivity contribution in [1.29, 1.82) is 0 Å². The zero-order valence-corrected chi connectivity index (χ0v) is 17.9. The molecule has 4 rings (SSSR count). The molecule has 32 heavy (non-hydrogen) atoms. The number of hydrogen-bond donors (Lipinski definition) is 2. The number of hydrogen-bond acceptors (Lipinski definition) is 4. The van der Waals surface area contributed by atoms with Gasteiger partial charge in [-0.25, -0.2) is 0 Å². The molecule has 2 amide bonds. The van der Waals surface area contributed by atoms with Gasteiger partial charge in [0.15, 0.2) is 6.61 Å². The van der Waals surface area contributed by atoms with Crippen molar-refractivity contribution >= 4 is 17.5 Å². The fourth-order valence-corrected chi connectivity index (χ4v) is 3.19. The van der Waals surface area contributed by atoms with Crippen LogP contribution in [-0.4, -0.2) is 18.4 Å². The highest BCUT2D eigenvalue weighted by Gasteiger charge is 2.29. The minimum atomic E-state index is -0.215. The molecule has 0 aliphatic heterocycles. The van der Waals surface area contributed by atoms with Gasteiger partial charge in [-0.15, -0.1) is 0 Å². The molecule has 6 heteroatoms. The van der Waals surface area contributed by atoms with Gasteiger partial charge in [-0.3, -0.25) is 9.59 Å².